The maximum atomic E-state index is 3.54. The van der Waals surface area contributed by atoms with E-state index >= 15 is 0 Å². The van der Waals surface area contributed by atoms with Crippen molar-refractivity contribution in [2.45, 2.75) is 58.0 Å². The lowest BCUT2D eigenvalue weighted by Crippen LogP contribution is -2.51. The second-order valence-corrected chi connectivity index (χ2v) is 5.94. The number of nitrogens with one attached hydrogen (secondary N) is 1. The predicted molar refractivity (Wildman–Crippen MR) is 69.6 cm³/mol. The minimum absolute atomic E-state index is 0.742. The number of rotatable bonds is 3. The largest absolute Gasteiger partial charge is 0.315 e. The van der Waals surface area contributed by atoms with Gasteiger partial charge in [0.25, 0.3) is 0 Å². The molecule has 16 heavy (non-hydrogen) atoms. The fourth-order valence-corrected chi connectivity index (χ4v) is 3.59. The molecule has 0 aromatic rings. The van der Waals surface area contributed by atoms with Crippen molar-refractivity contribution in [2.24, 2.45) is 11.8 Å². The van der Waals surface area contributed by atoms with Gasteiger partial charge in [0.2, 0.25) is 0 Å². The van der Waals surface area contributed by atoms with E-state index < -0.39 is 0 Å². The number of likely N-dealkylation sites (tertiary alicyclic amines) is 1. The minimum Gasteiger partial charge on any atom is -0.315 e. The van der Waals surface area contributed by atoms with Gasteiger partial charge in [-0.25, -0.2) is 0 Å². The number of hydrogen-bond acceptors (Lipinski definition) is 2. The molecule has 1 N–H and O–H groups in total. The van der Waals surface area contributed by atoms with Gasteiger partial charge < -0.3 is 5.32 Å². The van der Waals surface area contributed by atoms with Gasteiger partial charge in [-0.15, -0.1) is 0 Å². The smallest absolute Gasteiger partial charge is 0.0251 e. The van der Waals surface area contributed by atoms with Crippen LogP contribution in [-0.4, -0.2) is 37.1 Å². The van der Waals surface area contributed by atoms with Crippen molar-refractivity contribution in [1.29, 1.82) is 0 Å². The lowest BCUT2D eigenvalue weighted by molar-refractivity contribution is 0.123. The molecule has 2 heteroatoms. The second kappa shape index (κ2) is 5.50. The van der Waals surface area contributed by atoms with Crippen LogP contribution >= 0.6 is 0 Å². The first-order valence-electron chi connectivity index (χ1n) is 7.15. The summed E-state index contributed by atoms with van der Waals surface area (Å²) in [5.74, 6) is 1.89. The monoisotopic (exact) mass is 224 g/mol. The Balaban J connectivity index is 1.95. The SMILES string of the molecule is CCC1CCN(C2CC(C)CCC2NC)C1. The molecule has 1 heterocycles. The van der Waals surface area contributed by atoms with Crippen molar-refractivity contribution in [3.05, 3.63) is 0 Å². The molecule has 1 aliphatic carbocycles. The Morgan fingerprint density at radius 2 is 2.06 bits per heavy atom. The summed E-state index contributed by atoms with van der Waals surface area (Å²) in [6, 6.07) is 1.55. The molecule has 94 valence electrons. The maximum Gasteiger partial charge on any atom is 0.0251 e. The molecule has 2 fully saturated rings. The molecule has 4 atom stereocenters. The average Bonchev–Trinajstić information content (AvgIpc) is 2.77. The van der Waals surface area contributed by atoms with Crippen molar-refractivity contribution < 1.29 is 0 Å². The second-order valence-electron chi connectivity index (χ2n) is 5.94. The maximum absolute atomic E-state index is 3.54. The van der Waals surface area contributed by atoms with Crippen molar-refractivity contribution in [1.82, 2.24) is 10.2 Å². The summed E-state index contributed by atoms with van der Waals surface area (Å²) in [5.41, 5.74) is 0. The van der Waals surface area contributed by atoms with Gasteiger partial charge in [-0.05, 0) is 51.1 Å². The van der Waals surface area contributed by atoms with Crippen molar-refractivity contribution in [3.8, 4) is 0 Å². The van der Waals surface area contributed by atoms with Gasteiger partial charge in [0.05, 0.1) is 0 Å². The highest BCUT2D eigenvalue weighted by Crippen LogP contribution is 2.31. The molecule has 0 spiro atoms. The number of nitrogens with zero attached hydrogens (tertiary/aromatic N) is 1. The standard InChI is InChI=1S/C14H28N2/c1-4-12-7-8-16(10-12)14-9-11(2)5-6-13(14)15-3/h11-15H,4-10H2,1-3H3. The van der Waals surface area contributed by atoms with E-state index in [1.807, 2.05) is 0 Å². The first kappa shape index (κ1) is 12.4. The highest BCUT2D eigenvalue weighted by atomic mass is 15.2. The quantitative estimate of drug-likeness (QED) is 0.792. The topological polar surface area (TPSA) is 15.3 Å². The Hall–Kier alpha value is -0.0800. The normalized spacial score (nSPS) is 41.4. The average molecular weight is 224 g/mol. The summed E-state index contributed by atoms with van der Waals surface area (Å²) < 4.78 is 0. The molecular weight excluding hydrogens is 196 g/mol. The lowest BCUT2D eigenvalue weighted by atomic mass is 9.82. The molecule has 0 bridgehead atoms. The highest BCUT2D eigenvalue weighted by molar-refractivity contribution is 4.92. The molecule has 0 radical (unpaired) electrons. The van der Waals surface area contributed by atoms with E-state index in [0.29, 0.717) is 0 Å². The molecule has 1 aliphatic heterocycles. The zero-order valence-corrected chi connectivity index (χ0v) is 11.2. The first-order valence-corrected chi connectivity index (χ1v) is 7.15. The third-order valence-corrected chi connectivity index (χ3v) is 4.81. The van der Waals surface area contributed by atoms with Gasteiger partial charge in [0, 0.05) is 18.6 Å². The van der Waals surface area contributed by atoms with Crippen LogP contribution in [0.15, 0.2) is 0 Å². The summed E-state index contributed by atoms with van der Waals surface area (Å²) in [6.07, 6.45) is 6.98. The third-order valence-electron chi connectivity index (χ3n) is 4.81. The summed E-state index contributed by atoms with van der Waals surface area (Å²) in [7, 11) is 2.14. The molecule has 1 saturated heterocycles. The minimum atomic E-state index is 0.742. The zero-order chi connectivity index (χ0) is 11.5. The van der Waals surface area contributed by atoms with Crippen LogP contribution in [0.5, 0.6) is 0 Å². The Bertz CT molecular complexity index is 217. The van der Waals surface area contributed by atoms with E-state index in [0.717, 1.165) is 23.9 Å². The van der Waals surface area contributed by atoms with Gasteiger partial charge in [-0.1, -0.05) is 20.3 Å². The fraction of sp³-hybridized carbons (Fsp3) is 1.00. The Morgan fingerprint density at radius 3 is 2.69 bits per heavy atom. The Morgan fingerprint density at radius 1 is 1.25 bits per heavy atom. The lowest BCUT2D eigenvalue weighted by Gasteiger charge is -2.40. The van der Waals surface area contributed by atoms with Gasteiger partial charge in [-0.2, -0.15) is 0 Å². The van der Waals surface area contributed by atoms with Gasteiger partial charge in [0.15, 0.2) is 0 Å². The van der Waals surface area contributed by atoms with Crippen LogP contribution in [0.4, 0.5) is 0 Å². The van der Waals surface area contributed by atoms with Gasteiger partial charge in [-0.3, -0.25) is 4.90 Å². The van der Waals surface area contributed by atoms with Crippen LogP contribution in [0.3, 0.4) is 0 Å². The van der Waals surface area contributed by atoms with Crippen LogP contribution in [0, 0.1) is 11.8 Å². The Kier molecular flexibility index (Phi) is 4.26. The van der Waals surface area contributed by atoms with E-state index in [4.69, 9.17) is 0 Å². The summed E-state index contributed by atoms with van der Waals surface area (Å²) in [6.45, 7) is 7.46. The van der Waals surface area contributed by atoms with Crippen LogP contribution in [0.1, 0.15) is 46.0 Å². The van der Waals surface area contributed by atoms with E-state index in [1.54, 1.807) is 0 Å². The van der Waals surface area contributed by atoms with Crippen LogP contribution in [0.2, 0.25) is 0 Å². The van der Waals surface area contributed by atoms with Gasteiger partial charge >= 0.3 is 0 Å². The predicted octanol–water partition coefficient (Wildman–Crippen LogP) is 2.49. The number of hydrogen-bond donors (Lipinski definition) is 1. The Labute approximate surface area is 101 Å². The van der Waals surface area contributed by atoms with Gasteiger partial charge in [0.1, 0.15) is 0 Å². The molecule has 2 aliphatic rings. The molecule has 2 rings (SSSR count). The summed E-state index contributed by atoms with van der Waals surface area (Å²) >= 11 is 0. The van der Waals surface area contributed by atoms with E-state index in [1.165, 1.54) is 45.2 Å². The van der Waals surface area contributed by atoms with Crippen molar-refractivity contribution in [2.75, 3.05) is 20.1 Å². The molecule has 4 unspecified atom stereocenters. The van der Waals surface area contributed by atoms with Crippen LogP contribution < -0.4 is 5.32 Å². The molecule has 1 saturated carbocycles. The summed E-state index contributed by atoms with van der Waals surface area (Å²) in [4.78, 5) is 2.77. The summed E-state index contributed by atoms with van der Waals surface area (Å²) in [5, 5.41) is 3.54. The fourth-order valence-electron chi connectivity index (χ4n) is 3.59. The first-order chi connectivity index (χ1) is 7.74. The molecule has 2 nitrogen and oxygen atoms in total. The third kappa shape index (κ3) is 2.60. The van der Waals surface area contributed by atoms with Crippen LogP contribution in [0.25, 0.3) is 0 Å². The van der Waals surface area contributed by atoms with E-state index in [-0.39, 0.29) is 0 Å². The highest BCUT2D eigenvalue weighted by Gasteiger charge is 2.35. The van der Waals surface area contributed by atoms with Crippen LogP contribution in [-0.2, 0) is 0 Å². The van der Waals surface area contributed by atoms with E-state index in [9.17, 15) is 0 Å². The molecule has 0 aromatic carbocycles. The zero-order valence-electron chi connectivity index (χ0n) is 11.2. The molecule has 0 amide bonds. The van der Waals surface area contributed by atoms with Crippen molar-refractivity contribution >= 4 is 0 Å². The molecule has 0 aromatic heterocycles. The molecular formula is C14H28N2. The number of likely N-dealkylation sites (N-methyl/N-ethyl adjacent to an activating group) is 1. The van der Waals surface area contributed by atoms with E-state index in [2.05, 4.69) is 31.1 Å². The van der Waals surface area contributed by atoms with Crippen molar-refractivity contribution in [3.63, 3.8) is 0 Å².